The lowest BCUT2D eigenvalue weighted by atomic mass is 10.1. The first kappa shape index (κ1) is 16.2. The van der Waals surface area contributed by atoms with Gasteiger partial charge in [0.15, 0.2) is 5.11 Å². The number of thiocarbonyl (C=S) groups is 1. The zero-order valence-corrected chi connectivity index (χ0v) is 14.4. The molecule has 2 aliphatic rings. The van der Waals surface area contributed by atoms with Crippen LogP contribution in [0.25, 0.3) is 0 Å². The molecule has 2 saturated heterocycles. The molecular formula is C17H24N4OS. The van der Waals surface area contributed by atoms with Crippen LogP contribution in [0.15, 0.2) is 24.3 Å². The molecule has 6 heteroatoms. The lowest BCUT2D eigenvalue weighted by molar-refractivity contribution is -0.117. The minimum Gasteiger partial charge on any atom is -0.360 e. The predicted molar refractivity (Wildman–Crippen MR) is 97.9 cm³/mol. The summed E-state index contributed by atoms with van der Waals surface area (Å²) in [7, 11) is 2.15. The molecule has 0 aliphatic carbocycles. The summed E-state index contributed by atoms with van der Waals surface area (Å²) >= 11 is 5.43. The van der Waals surface area contributed by atoms with Gasteiger partial charge in [0.05, 0.1) is 0 Å². The molecule has 5 nitrogen and oxygen atoms in total. The molecule has 23 heavy (non-hydrogen) atoms. The lowest BCUT2D eigenvalue weighted by Crippen LogP contribution is -2.44. The minimum atomic E-state index is 0.203. The summed E-state index contributed by atoms with van der Waals surface area (Å²) in [4.78, 5) is 16.0. The van der Waals surface area contributed by atoms with E-state index < -0.39 is 0 Å². The third-order valence-electron chi connectivity index (χ3n) is 4.54. The Hall–Kier alpha value is -1.66. The number of nitrogens with one attached hydrogen (secondary N) is 2. The third kappa shape index (κ3) is 4.20. The standard InChI is InChI=1S/C17H24N4OS/c1-20-10-7-13(8-11-20)18-17(23)19-14-4-2-5-15(12-14)21-9-3-6-16(21)22/h2,4-5,12-13H,3,6-11H2,1H3,(H2,18,19,23). The number of piperidine rings is 1. The quantitative estimate of drug-likeness (QED) is 0.831. The van der Waals surface area contributed by atoms with Gasteiger partial charge >= 0.3 is 0 Å². The Balaban J connectivity index is 1.57. The van der Waals surface area contributed by atoms with Gasteiger partial charge in [-0.15, -0.1) is 0 Å². The molecule has 1 aromatic rings. The van der Waals surface area contributed by atoms with Gasteiger partial charge in [0.2, 0.25) is 5.91 Å². The SMILES string of the molecule is CN1CCC(NC(=S)Nc2cccc(N3CCCC3=O)c2)CC1. The number of nitrogens with zero attached hydrogens (tertiary/aromatic N) is 2. The van der Waals surface area contributed by atoms with Crippen molar-refractivity contribution in [1.82, 2.24) is 10.2 Å². The van der Waals surface area contributed by atoms with Crippen molar-refractivity contribution < 1.29 is 4.79 Å². The molecule has 0 saturated carbocycles. The van der Waals surface area contributed by atoms with Crippen LogP contribution in [0, 0.1) is 0 Å². The number of carbonyl (C=O) groups excluding carboxylic acids is 1. The largest absolute Gasteiger partial charge is 0.360 e. The zero-order valence-electron chi connectivity index (χ0n) is 13.5. The van der Waals surface area contributed by atoms with Crippen LogP contribution in [0.1, 0.15) is 25.7 Å². The maximum Gasteiger partial charge on any atom is 0.227 e. The second-order valence-electron chi connectivity index (χ2n) is 6.38. The summed E-state index contributed by atoms with van der Waals surface area (Å²) < 4.78 is 0. The second-order valence-corrected chi connectivity index (χ2v) is 6.78. The molecule has 124 valence electrons. The Bertz CT molecular complexity index is 584. The first-order chi connectivity index (χ1) is 11.1. The molecule has 0 aromatic heterocycles. The van der Waals surface area contributed by atoms with Crippen LogP contribution in [0.5, 0.6) is 0 Å². The zero-order chi connectivity index (χ0) is 16.2. The molecule has 2 fully saturated rings. The van der Waals surface area contributed by atoms with Crippen LogP contribution in [-0.2, 0) is 4.79 Å². The van der Waals surface area contributed by atoms with Gasteiger partial charge in [0.25, 0.3) is 0 Å². The van der Waals surface area contributed by atoms with Crippen LogP contribution in [0.4, 0.5) is 11.4 Å². The Morgan fingerprint density at radius 2 is 2.04 bits per heavy atom. The van der Waals surface area contributed by atoms with E-state index >= 15 is 0 Å². The Morgan fingerprint density at radius 1 is 1.26 bits per heavy atom. The monoisotopic (exact) mass is 332 g/mol. The maximum absolute atomic E-state index is 11.9. The molecule has 0 atom stereocenters. The molecule has 0 spiro atoms. The molecule has 0 bridgehead atoms. The Labute approximate surface area is 143 Å². The van der Waals surface area contributed by atoms with Crippen molar-refractivity contribution in [2.45, 2.75) is 31.7 Å². The van der Waals surface area contributed by atoms with E-state index in [0.717, 1.165) is 50.3 Å². The van der Waals surface area contributed by atoms with Crippen molar-refractivity contribution in [2.75, 3.05) is 36.9 Å². The summed E-state index contributed by atoms with van der Waals surface area (Å²) in [6.07, 6.45) is 3.81. The average molecular weight is 332 g/mol. The highest BCUT2D eigenvalue weighted by Gasteiger charge is 2.22. The molecule has 2 aliphatic heterocycles. The molecular weight excluding hydrogens is 308 g/mol. The fourth-order valence-corrected chi connectivity index (χ4v) is 3.46. The molecule has 2 N–H and O–H groups in total. The highest BCUT2D eigenvalue weighted by Crippen LogP contribution is 2.24. The third-order valence-corrected chi connectivity index (χ3v) is 4.76. The summed E-state index contributed by atoms with van der Waals surface area (Å²) in [6.45, 7) is 3.01. The van der Waals surface area contributed by atoms with Crippen LogP contribution in [0.3, 0.4) is 0 Å². The van der Waals surface area contributed by atoms with Gasteiger partial charge in [-0.2, -0.15) is 0 Å². The molecule has 0 unspecified atom stereocenters. The van der Waals surface area contributed by atoms with E-state index in [2.05, 4.69) is 22.6 Å². The summed E-state index contributed by atoms with van der Waals surface area (Å²) in [5.41, 5.74) is 1.87. The smallest absolute Gasteiger partial charge is 0.227 e. The van der Waals surface area contributed by atoms with Gasteiger partial charge in [-0.25, -0.2) is 0 Å². The summed E-state index contributed by atoms with van der Waals surface area (Å²) in [5, 5.41) is 7.30. The topological polar surface area (TPSA) is 47.6 Å². The van der Waals surface area contributed by atoms with E-state index in [1.54, 1.807) is 0 Å². The van der Waals surface area contributed by atoms with Gasteiger partial charge in [-0.05, 0) is 69.8 Å². The van der Waals surface area contributed by atoms with Crippen molar-refractivity contribution in [3.63, 3.8) is 0 Å². The van der Waals surface area contributed by atoms with E-state index in [1.807, 2.05) is 29.2 Å². The molecule has 1 aromatic carbocycles. The van der Waals surface area contributed by atoms with Gasteiger partial charge < -0.3 is 20.4 Å². The van der Waals surface area contributed by atoms with Crippen molar-refractivity contribution in [3.05, 3.63) is 24.3 Å². The molecule has 3 rings (SSSR count). The number of benzene rings is 1. The van der Waals surface area contributed by atoms with E-state index in [9.17, 15) is 4.79 Å². The van der Waals surface area contributed by atoms with Gasteiger partial charge in [0, 0.05) is 30.4 Å². The number of anilines is 2. The number of rotatable bonds is 3. The van der Waals surface area contributed by atoms with Gasteiger partial charge in [-0.1, -0.05) is 6.07 Å². The number of hydrogen-bond donors (Lipinski definition) is 2. The van der Waals surface area contributed by atoms with E-state index in [0.29, 0.717) is 17.6 Å². The Morgan fingerprint density at radius 3 is 2.74 bits per heavy atom. The highest BCUT2D eigenvalue weighted by molar-refractivity contribution is 7.80. The lowest BCUT2D eigenvalue weighted by Gasteiger charge is -2.30. The normalized spacial score (nSPS) is 19.9. The minimum absolute atomic E-state index is 0.203. The molecule has 0 radical (unpaired) electrons. The second kappa shape index (κ2) is 7.27. The van der Waals surface area contributed by atoms with Gasteiger partial charge in [0.1, 0.15) is 0 Å². The number of hydrogen-bond acceptors (Lipinski definition) is 3. The molecule has 1 amide bonds. The maximum atomic E-state index is 11.9. The predicted octanol–water partition coefficient (Wildman–Crippen LogP) is 2.19. The van der Waals surface area contributed by atoms with Crippen molar-refractivity contribution in [1.29, 1.82) is 0 Å². The van der Waals surface area contributed by atoms with Gasteiger partial charge in [-0.3, -0.25) is 4.79 Å². The first-order valence-corrected chi connectivity index (χ1v) is 8.69. The summed E-state index contributed by atoms with van der Waals surface area (Å²) in [6, 6.07) is 8.34. The number of amides is 1. The fraction of sp³-hybridized carbons (Fsp3) is 0.529. The fourth-order valence-electron chi connectivity index (χ4n) is 3.18. The van der Waals surface area contributed by atoms with Crippen LogP contribution in [0.2, 0.25) is 0 Å². The van der Waals surface area contributed by atoms with Crippen LogP contribution in [-0.4, -0.2) is 48.6 Å². The number of carbonyl (C=O) groups is 1. The van der Waals surface area contributed by atoms with Crippen molar-refractivity contribution >= 4 is 34.6 Å². The van der Waals surface area contributed by atoms with E-state index in [1.165, 1.54) is 0 Å². The average Bonchev–Trinajstić information content (AvgIpc) is 2.96. The van der Waals surface area contributed by atoms with Crippen LogP contribution >= 0.6 is 12.2 Å². The van der Waals surface area contributed by atoms with E-state index in [4.69, 9.17) is 12.2 Å². The highest BCUT2D eigenvalue weighted by atomic mass is 32.1. The Kier molecular flexibility index (Phi) is 5.13. The van der Waals surface area contributed by atoms with Crippen molar-refractivity contribution in [3.8, 4) is 0 Å². The van der Waals surface area contributed by atoms with E-state index in [-0.39, 0.29) is 5.91 Å². The first-order valence-electron chi connectivity index (χ1n) is 8.28. The van der Waals surface area contributed by atoms with Crippen LogP contribution < -0.4 is 15.5 Å². The number of likely N-dealkylation sites (tertiary alicyclic amines) is 1. The molecule has 2 heterocycles. The van der Waals surface area contributed by atoms with Crippen molar-refractivity contribution in [2.24, 2.45) is 0 Å². The summed E-state index contributed by atoms with van der Waals surface area (Å²) in [5.74, 6) is 0.203.